The van der Waals surface area contributed by atoms with Gasteiger partial charge in [0.05, 0.1) is 0 Å². The first-order valence-corrected chi connectivity index (χ1v) is 5.53. The zero-order chi connectivity index (χ0) is 7.99. The molecule has 0 radical (unpaired) electrons. The second-order valence-corrected chi connectivity index (χ2v) is 5.84. The van der Waals surface area contributed by atoms with Crippen LogP contribution in [0.2, 0.25) is 0 Å². The van der Waals surface area contributed by atoms with Crippen LogP contribution in [0.25, 0.3) is 0 Å². The molecular weight excluding hydrogens is 180 g/mol. The Labute approximate surface area is 59.2 Å². The number of hydrogen-bond donors (Lipinski definition) is 0. The molecule has 0 N–H and O–H groups in total. The molecule has 1 aliphatic rings. The highest BCUT2D eigenvalue weighted by atomic mass is 32.4. The zero-order valence-corrected chi connectivity index (χ0v) is 6.78. The monoisotopic (exact) mass is 186 g/mol. The molecular formula is C3H6O5S2. The molecule has 0 aromatic rings. The summed E-state index contributed by atoms with van der Waals surface area (Å²) in [5.41, 5.74) is 0. The topological polar surface area (TPSA) is 77.5 Å². The van der Waals surface area contributed by atoms with E-state index in [4.69, 9.17) is 0 Å². The summed E-state index contributed by atoms with van der Waals surface area (Å²) < 4.78 is 44.2. The van der Waals surface area contributed by atoms with Crippen molar-refractivity contribution in [1.82, 2.24) is 0 Å². The van der Waals surface area contributed by atoms with Gasteiger partial charge in [-0.3, -0.25) is 0 Å². The minimum Gasteiger partial charge on any atom is -0.197 e. The van der Waals surface area contributed by atoms with Crippen LogP contribution in [0.5, 0.6) is 0 Å². The van der Waals surface area contributed by atoms with E-state index in [-0.39, 0.29) is 6.42 Å². The second kappa shape index (κ2) is 1.93. The first kappa shape index (κ1) is 7.96. The molecule has 10 heavy (non-hydrogen) atoms. The van der Waals surface area contributed by atoms with Crippen molar-refractivity contribution in [1.29, 1.82) is 0 Å². The van der Waals surface area contributed by atoms with Gasteiger partial charge in [-0.25, -0.2) is 0 Å². The van der Waals surface area contributed by atoms with Gasteiger partial charge in [0, 0.05) is 0 Å². The molecule has 60 valence electrons. The molecule has 0 unspecified atom stereocenters. The van der Waals surface area contributed by atoms with Crippen LogP contribution in [0.3, 0.4) is 0 Å². The van der Waals surface area contributed by atoms with Crippen LogP contribution in [-0.2, 0) is 23.9 Å². The van der Waals surface area contributed by atoms with Gasteiger partial charge in [0.1, 0.15) is 0 Å². The highest BCUT2D eigenvalue weighted by Crippen LogP contribution is 2.29. The summed E-state index contributed by atoms with van der Waals surface area (Å²) in [5, 5.41) is 0. The fourth-order valence-electron chi connectivity index (χ4n) is 0.741. The fraction of sp³-hybridized carbons (Fsp3) is 1.00. The van der Waals surface area contributed by atoms with E-state index in [0.29, 0.717) is 0 Å². The molecule has 0 aromatic carbocycles. The lowest BCUT2D eigenvalue weighted by molar-refractivity contribution is 0.420. The van der Waals surface area contributed by atoms with Gasteiger partial charge in [0.15, 0.2) is 0 Å². The van der Waals surface area contributed by atoms with Gasteiger partial charge in [-0.05, 0) is 6.42 Å². The van der Waals surface area contributed by atoms with E-state index in [1.54, 1.807) is 0 Å². The molecule has 1 saturated heterocycles. The summed E-state index contributed by atoms with van der Waals surface area (Å²) in [4.78, 5) is 0. The fourth-order valence-corrected chi connectivity index (χ4v) is 4.22. The Kier molecular flexibility index (Phi) is 1.53. The van der Waals surface area contributed by atoms with Crippen molar-refractivity contribution in [2.75, 3.05) is 0 Å². The predicted octanol–water partition coefficient (Wildman–Crippen LogP) is -0.588. The molecule has 1 aliphatic heterocycles. The molecule has 7 heteroatoms. The third-order valence-corrected chi connectivity index (χ3v) is 6.05. The average molecular weight is 186 g/mol. The molecule has 0 atom stereocenters. The molecule has 0 aliphatic carbocycles. The van der Waals surface area contributed by atoms with Crippen molar-refractivity contribution in [2.24, 2.45) is 0 Å². The highest BCUT2D eigenvalue weighted by Gasteiger charge is 2.52. The molecule has 5 nitrogen and oxygen atoms in total. The third-order valence-electron chi connectivity index (χ3n) is 1.17. The third kappa shape index (κ3) is 0.938. The molecule has 1 heterocycles. The van der Waals surface area contributed by atoms with Crippen molar-refractivity contribution >= 4 is 20.2 Å². The Hall–Kier alpha value is -0.140. The molecule has 1 fully saturated rings. The maximum Gasteiger partial charge on any atom is 0.301 e. The van der Waals surface area contributed by atoms with Gasteiger partial charge in [-0.1, -0.05) is 6.92 Å². The van der Waals surface area contributed by atoms with Gasteiger partial charge in [-0.15, -0.1) is 3.63 Å². The quantitative estimate of drug-likeness (QED) is 0.547. The average Bonchev–Trinajstić information content (AvgIpc) is 1.59. The molecule has 0 aromatic heterocycles. The van der Waals surface area contributed by atoms with Gasteiger partial charge in [0.2, 0.25) is 4.58 Å². The van der Waals surface area contributed by atoms with Crippen LogP contribution in [0.1, 0.15) is 13.3 Å². The van der Waals surface area contributed by atoms with E-state index in [2.05, 4.69) is 3.63 Å². The van der Waals surface area contributed by atoms with Gasteiger partial charge in [0.25, 0.3) is 0 Å². The van der Waals surface area contributed by atoms with E-state index in [0.717, 1.165) is 0 Å². The Balaban J connectivity index is 3.07. The lowest BCUT2D eigenvalue weighted by Crippen LogP contribution is -2.44. The normalized spacial score (nSPS) is 29.3. The van der Waals surface area contributed by atoms with E-state index in [9.17, 15) is 16.8 Å². The standard InChI is InChI=1S/C3H6O5S2/c1-2-3-9(4,5)8-10(3,6)7/h3H,2H2,1H3. The van der Waals surface area contributed by atoms with Gasteiger partial charge < -0.3 is 0 Å². The van der Waals surface area contributed by atoms with Crippen LogP contribution in [0.4, 0.5) is 0 Å². The van der Waals surface area contributed by atoms with Crippen molar-refractivity contribution < 1.29 is 20.5 Å². The molecule has 1 rings (SSSR count). The van der Waals surface area contributed by atoms with Crippen LogP contribution in [0, 0.1) is 0 Å². The van der Waals surface area contributed by atoms with E-state index >= 15 is 0 Å². The van der Waals surface area contributed by atoms with E-state index < -0.39 is 24.8 Å². The summed E-state index contributed by atoms with van der Waals surface area (Å²) >= 11 is 0. The minimum absolute atomic E-state index is 0.0463. The Morgan fingerprint density at radius 1 is 1.20 bits per heavy atom. The van der Waals surface area contributed by atoms with Crippen LogP contribution in [0.15, 0.2) is 0 Å². The smallest absolute Gasteiger partial charge is 0.197 e. The van der Waals surface area contributed by atoms with E-state index in [1.165, 1.54) is 6.92 Å². The Morgan fingerprint density at radius 2 is 1.60 bits per heavy atom. The summed E-state index contributed by atoms with van der Waals surface area (Å²) in [5.74, 6) is 0. The first-order valence-electron chi connectivity index (χ1n) is 2.59. The maximum atomic E-state index is 10.5. The van der Waals surface area contributed by atoms with Crippen LogP contribution >= 0.6 is 0 Å². The van der Waals surface area contributed by atoms with Crippen molar-refractivity contribution in [3.63, 3.8) is 0 Å². The predicted molar refractivity (Wildman–Crippen MR) is 33.0 cm³/mol. The van der Waals surface area contributed by atoms with E-state index in [1.807, 2.05) is 0 Å². The Bertz CT molecular complexity index is 290. The highest BCUT2D eigenvalue weighted by molar-refractivity contribution is 8.17. The number of rotatable bonds is 1. The van der Waals surface area contributed by atoms with Gasteiger partial charge in [-0.2, -0.15) is 16.8 Å². The summed E-state index contributed by atoms with van der Waals surface area (Å²) in [6.07, 6.45) is 0.0463. The largest absolute Gasteiger partial charge is 0.301 e. The Morgan fingerprint density at radius 3 is 1.70 bits per heavy atom. The molecule has 0 amide bonds. The summed E-state index contributed by atoms with van der Waals surface area (Å²) in [7, 11) is -7.54. The zero-order valence-electron chi connectivity index (χ0n) is 5.14. The van der Waals surface area contributed by atoms with Crippen molar-refractivity contribution in [2.45, 2.75) is 17.9 Å². The first-order chi connectivity index (χ1) is 4.40. The molecule has 0 saturated carbocycles. The molecule has 0 bridgehead atoms. The van der Waals surface area contributed by atoms with Crippen molar-refractivity contribution in [3.05, 3.63) is 0 Å². The second-order valence-electron chi connectivity index (χ2n) is 1.89. The molecule has 0 spiro atoms. The summed E-state index contributed by atoms with van der Waals surface area (Å²) in [6.45, 7) is 1.47. The maximum absolute atomic E-state index is 10.5. The minimum atomic E-state index is -3.77. The summed E-state index contributed by atoms with van der Waals surface area (Å²) in [6, 6.07) is 0. The van der Waals surface area contributed by atoms with Crippen LogP contribution < -0.4 is 0 Å². The lowest BCUT2D eigenvalue weighted by atomic mass is 10.6. The lowest BCUT2D eigenvalue weighted by Gasteiger charge is -2.22. The van der Waals surface area contributed by atoms with Gasteiger partial charge >= 0.3 is 20.2 Å². The number of hydrogen-bond acceptors (Lipinski definition) is 5. The SMILES string of the molecule is CCC1S(=O)(=O)OS1(=O)=O. The van der Waals surface area contributed by atoms with Crippen molar-refractivity contribution in [3.8, 4) is 0 Å². The van der Waals surface area contributed by atoms with Crippen LogP contribution in [-0.4, -0.2) is 21.4 Å².